The zero-order valence-electron chi connectivity index (χ0n) is 12.9. The van der Waals surface area contributed by atoms with Gasteiger partial charge in [-0.05, 0) is 24.3 Å². The van der Waals surface area contributed by atoms with Gasteiger partial charge in [0.05, 0.1) is 13.1 Å². The Kier molecular flexibility index (Phi) is 5.05. The highest BCUT2D eigenvalue weighted by Gasteiger charge is 2.14. The van der Waals surface area contributed by atoms with Crippen molar-refractivity contribution in [2.24, 2.45) is 4.99 Å². The van der Waals surface area contributed by atoms with Crippen molar-refractivity contribution >= 4 is 17.3 Å². The highest BCUT2D eigenvalue weighted by Crippen LogP contribution is 2.14. The summed E-state index contributed by atoms with van der Waals surface area (Å²) in [5, 5.41) is 17.4. The normalized spacial score (nSPS) is 15.2. The minimum atomic E-state index is 0.650. The summed E-state index contributed by atoms with van der Waals surface area (Å²) in [7, 11) is 1.79. The van der Waals surface area contributed by atoms with E-state index in [1.807, 2.05) is 0 Å². The van der Waals surface area contributed by atoms with Crippen LogP contribution in [0.25, 0.3) is 0 Å². The first-order valence-corrected chi connectivity index (χ1v) is 8.62. The molecule has 7 heteroatoms. The maximum absolute atomic E-state index is 4.33. The van der Waals surface area contributed by atoms with E-state index in [2.05, 4.69) is 47.9 Å². The number of hydrogen-bond acceptors (Lipinski definition) is 4. The quantitative estimate of drug-likeness (QED) is 0.668. The Hall–Kier alpha value is -1.89. The maximum atomic E-state index is 4.33. The lowest BCUT2D eigenvalue weighted by atomic mass is 10.2. The Balaban J connectivity index is 1.55. The molecule has 0 bridgehead atoms. The van der Waals surface area contributed by atoms with E-state index in [0.717, 1.165) is 37.1 Å². The highest BCUT2D eigenvalue weighted by molar-refractivity contribution is 7.09. The SMILES string of the molecule is CN=C(NCc1cccs1)NCc1nnc2n1CCCCC2. The molecule has 0 unspecified atom stereocenters. The average Bonchev–Trinajstić information content (AvgIpc) is 3.13. The molecular weight excluding hydrogens is 296 g/mol. The molecule has 0 fully saturated rings. The first-order chi connectivity index (χ1) is 10.9. The monoisotopic (exact) mass is 318 g/mol. The standard InChI is InChI=1S/C15H22N6S/c1-16-15(17-10-12-6-5-9-22-12)18-11-14-20-19-13-7-3-2-4-8-21(13)14/h5-6,9H,2-4,7-8,10-11H2,1H3,(H2,16,17,18). The number of aryl methyl sites for hydroxylation is 1. The van der Waals surface area contributed by atoms with Crippen LogP contribution < -0.4 is 10.6 Å². The fourth-order valence-electron chi connectivity index (χ4n) is 2.64. The summed E-state index contributed by atoms with van der Waals surface area (Å²) in [5.41, 5.74) is 0. The molecule has 0 atom stereocenters. The van der Waals surface area contributed by atoms with Crippen LogP contribution in [0.5, 0.6) is 0 Å². The Bertz CT molecular complexity index is 616. The lowest BCUT2D eigenvalue weighted by molar-refractivity contribution is 0.596. The van der Waals surface area contributed by atoms with Crippen LogP contribution in [0.1, 0.15) is 35.8 Å². The van der Waals surface area contributed by atoms with E-state index in [9.17, 15) is 0 Å². The molecule has 1 aliphatic rings. The molecule has 2 aromatic heterocycles. The molecule has 2 aromatic rings. The molecule has 0 radical (unpaired) electrons. The molecule has 0 aliphatic carbocycles. The van der Waals surface area contributed by atoms with E-state index in [1.165, 1.54) is 24.1 Å². The Labute approximate surface area is 134 Å². The van der Waals surface area contributed by atoms with E-state index in [-0.39, 0.29) is 0 Å². The third-order valence-electron chi connectivity index (χ3n) is 3.83. The minimum Gasteiger partial charge on any atom is -0.352 e. The van der Waals surface area contributed by atoms with Gasteiger partial charge in [-0.15, -0.1) is 21.5 Å². The summed E-state index contributed by atoms with van der Waals surface area (Å²) < 4.78 is 2.26. The van der Waals surface area contributed by atoms with E-state index in [0.29, 0.717) is 6.54 Å². The Morgan fingerprint density at radius 3 is 3.00 bits per heavy atom. The number of rotatable bonds is 4. The molecule has 118 valence electrons. The van der Waals surface area contributed by atoms with Gasteiger partial charge in [0.1, 0.15) is 5.82 Å². The van der Waals surface area contributed by atoms with Crippen molar-refractivity contribution in [3.8, 4) is 0 Å². The van der Waals surface area contributed by atoms with Crippen LogP contribution in [0.3, 0.4) is 0 Å². The van der Waals surface area contributed by atoms with Gasteiger partial charge in [-0.1, -0.05) is 12.5 Å². The van der Waals surface area contributed by atoms with Gasteiger partial charge in [0.2, 0.25) is 0 Å². The molecule has 0 saturated heterocycles. The van der Waals surface area contributed by atoms with Crippen LogP contribution in [0.15, 0.2) is 22.5 Å². The second-order valence-electron chi connectivity index (χ2n) is 5.35. The summed E-state index contributed by atoms with van der Waals surface area (Å²) in [5.74, 6) is 2.91. The number of hydrogen-bond donors (Lipinski definition) is 2. The number of aromatic nitrogens is 3. The van der Waals surface area contributed by atoms with Gasteiger partial charge in [-0.25, -0.2) is 0 Å². The number of nitrogens with zero attached hydrogens (tertiary/aromatic N) is 4. The molecule has 3 heterocycles. The highest BCUT2D eigenvalue weighted by atomic mass is 32.1. The van der Waals surface area contributed by atoms with E-state index < -0.39 is 0 Å². The number of fused-ring (bicyclic) bond motifs is 1. The molecule has 0 amide bonds. The van der Waals surface area contributed by atoms with E-state index in [4.69, 9.17) is 0 Å². The summed E-state index contributed by atoms with van der Waals surface area (Å²) in [6.45, 7) is 2.47. The summed E-state index contributed by atoms with van der Waals surface area (Å²) in [6.07, 6.45) is 4.75. The summed E-state index contributed by atoms with van der Waals surface area (Å²) in [4.78, 5) is 5.55. The molecule has 3 rings (SSSR count). The summed E-state index contributed by atoms with van der Waals surface area (Å²) in [6, 6.07) is 4.17. The third kappa shape index (κ3) is 3.65. The number of thiophene rings is 1. The fourth-order valence-corrected chi connectivity index (χ4v) is 3.29. The zero-order valence-corrected chi connectivity index (χ0v) is 13.7. The lowest BCUT2D eigenvalue weighted by Crippen LogP contribution is -2.36. The molecule has 22 heavy (non-hydrogen) atoms. The predicted molar refractivity (Wildman–Crippen MR) is 88.9 cm³/mol. The maximum Gasteiger partial charge on any atom is 0.191 e. The second-order valence-corrected chi connectivity index (χ2v) is 6.39. The molecule has 1 aliphatic heterocycles. The Morgan fingerprint density at radius 2 is 2.18 bits per heavy atom. The zero-order chi connectivity index (χ0) is 15.2. The van der Waals surface area contributed by atoms with Crippen LogP contribution in [0, 0.1) is 0 Å². The van der Waals surface area contributed by atoms with Gasteiger partial charge in [0.25, 0.3) is 0 Å². The topological polar surface area (TPSA) is 67.1 Å². The van der Waals surface area contributed by atoms with Gasteiger partial charge >= 0.3 is 0 Å². The van der Waals surface area contributed by atoms with Gasteiger partial charge in [0.15, 0.2) is 11.8 Å². The molecule has 0 saturated carbocycles. The van der Waals surface area contributed by atoms with Crippen molar-refractivity contribution in [2.75, 3.05) is 7.05 Å². The first-order valence-electron chi connectivity index (χ1n) is 7.74. The van der Waals surface area contributed by atoms with Crippen molar-refractivity contribution in [3.63, 3.8) is 0 Å². The van der Waals surface area contributed by atoms with E-state index >= 15 is 0 Å². The van der Waals surface area contributed by atoms with Crippen molar-refractivity contribution in [1.82, 2.24) is 25.4 Å². The minimum absolute atomic E-state index is 0.650. The predicted octanol–water partition coefficient (Wildman–Crippen LogP) is 1.93. The van der Waals surface area contributed by atoms with Gasteiger partial charge < -0.3 is 15.2 Å². The van der Waals surface area contributed by atoms with Crippen LogP contribution >= 0.6 is 11.3 Å². The third-order valence-corrected chi connectivity index (χ3v) is 4.71. The van der Waals surface area contributed by atoms with Crippen LogP contribution in [0.2, 0.25) is 0 Å². The van der Waals surface area contributed by atoms with Gasteiger partial charge in [0, 0.05) is 24.9 Å². The fraction of sp³-hybridized carbons (Fsp3) is 0.533. The van der Waals surface area contributed by atoms with Gasteiger partial charge in [-0.3, -0.25) is 4.99 Å². The molecule has 6 nitrogen and oxygen atoms in total. The Morgan fingerprint density at radius 1 is 1.27 bits per heavy atom. The summed E-state index contributed by atoms with van der Waals surface area (Å²) >= 11 is 1.74. The molecule has 0 aromatic carbocycles. The largest absolute Gasteiger partial charge is 0.352 e. The lowest BCUT2D eigenvalue weighted by Gasteiger charge is -2.12. The average molecular weight is 318 g/mol. The number of nitrogens with one attached hydrogen (secondary N) is 2. The van der Waals surface area contributed by atoms with Crippen molar-refractivity contribution in [1.29, 1.82) is 0 Å². The smallest absolute Gasteiger partial charge is 0.191 e. The molecular formula is C15H22N6S. The number of guanidine groups is 1. The first kappa shape index (κ1) is 15.0. The van der Waals surface area contributed by atoms with Crippen molar-refractivity contribution in [3.05, 3.63) is 34.0 Å². The molecule has 2 N–H and O–H groups in total. The second kappa shape index (κ2) is 7.40. The van der Waals surface area contributed by atoms with Crippen LogP contribution in [0.4, 0.5) is 0 Å². The van der Waals surface area contributed by atoms with E-state index in [1.54, 1.807) is 18.4 Å². The van der Waals surface area contributed by atoms with Crippen molar-refractivity contribution in [2.45, 2.75) is 45.3 Å². The molecule has 0 spiro atoms. The van der Waals surface area contributed by atoms with Crippen molar-refractivity contribution < 1.29 is 0 Å². The van der Waals surface area contributed by atoms with Crippen LogP contribution in [-0.2, 0) is 26.1 Å². The van der Waals surface area contributed by atoms with Crippen LogP contribution in [-0.4, -0.2) is 27.8 Å². The van der Waals surface area contributed by atoms with Gasteiger partial charge in [-0.2, -0.15) is 0 Å². The number of aliphatic imine (C=N–C) groups is 1.